The van der Waals surface area contributed by atoms with E-state index < -0.39 is 44.5 Å². The number of carbonyl (C=O) groups is 2. The highest BCUT2D eigenvalue weighted by Crippen LogP contribution is 2.42. The number of sulfonamides is 2. The van der Waals surface area contributed by atoms with Crippen LogP contribution in [-0.4, -0.2) is 54.0 Å². The zero-order valence-electron chi connectivity index (χ0n) is 27.9. The van der Waals surface area contributed by atoms with Crippen molar-refractivity contribution < 1.29 is 36.3 Å². The molecule has 49 heavy (non-hydrogen) atoms. The van der Waals surface area contributed by atoms with Gasteiger partial charge in [-0.3, -0.25) is 13.9 Å². The summed E-state index contributed by atoms with van der Waals surface area (Å²) in [5.74, 6) is -1.71. The van der Waals surface area contributed by atoms with Gasteiger partial charge in [0.05, 0.1) is 22.6 Å². The second-order valence-electron chi connectivity index (χ2n) is 12.0. The van der Waals surface area contributed by atoms with Crippen molar-refractivity contribution in [3.8, 4) is 5.75 Å². The Kier molecular flexibility index (Phi) is 10.1. The van der Waals surface area contributed by atoms with Gasteiger partial charge >= 0.3 is 5.97 Å². The smallest absolute Gasteiger partial charge is 0.324 e. The van der Waals surface area contributed by atoms with Crippen LogP contribution in [0.25, 0.3) is 0 Å². The number of methoxy groups -OCH3 is 1. The average molecular weight is 706 g/mol. The van der Waals surface area contributed by atoms with E-state index in [0.717, 1.165) is 9.87 Å². The SMILES string of the molecule is CCc1ccccc1S(=O)(=O)NC(=O)C(c1cccc(OC)c1)N1CCc2c1cccc2N(CC(=O)O)S(=O)(=O)c1c(C)cc(C)cc1C. The summed E-state index contributed by atoms with van der Waals surface area (Å²) >= 11 is 0. The van der Waals surface area contributed by atoms with E-state index in [2.05, 4.69) is 4.72 Å². The number of nitrogens with zero attached hydrogens (tertiary/aromatic N) is 2. The number of carbonyl (C=O) groups excluding carboxylic acids is 1. The lowest BCUT2D eigenvalue weighted by Crippen LogP contribution is -2.42. The summed E-state index contributed by atoms with van der Waals surface area (Å²) in [5, 5.41) is 9.90. The molecule has 0 saturated carbocycles. The molecule has 0 fully saturated rings. The van der Waals surface area contributed by atoms with Gasteiger partial charge in [-0.05, 0) is 86.2 Å². The van der Waals surface area contributed by atoms with E-state index in [4.69, 9.17) is 4.74 Å². The van der Waals surface area contributed by atoms with Crippen LogP contribution in [0.1, 0.15) is 46.3 Å². The van der Waals surface area contributed by atoms with Crippen molar-refractivity contribution in [2.75, 3.05) is 29.4 Å². The molecule has 4 aromatic rings. The minimum atomic E-state index is -4.37. The summed E-state index contributed by atoms with van der Waals surface area (Å²) in [6, 6.07) is 20.3. The molecule has 13 heteroatoms. The molecular formula is C36H39N3O8S2. The van der Waals surface area contributed by atoms with Gasteiger partial charge in [0.15, 0.2) is 0 Å². The number of aryl methyl sites for hydroxylation is 4. The molecular weight excluding hydrogens is 667 g/mol. The van der Waals surface area contributed by atoms with Crippen LogP contribution in [0.15, 0.2) is 88.7 Å². The molecule has 1 atom stereocenters. The highest BCUT2D eigenvalue weighted by atomic mass is 32.2. The minimum Gasteiger partial charge on any atom is -0.497 e. The molecule has 1 heterocycles. The number of hydrogen-bond donors (Lipinski definition) is 2. The van der Waals surface area contributed by atoms with Crippen molar-refractivity contribution in [3.05, 3.63) is 112 Å². The molecule has 2 N–H and O–H groups in total. The first kappa shape index (κ1) is 35.4. The summed E-state index contributed by atoms with van der Waals surface area (Å²) in [6.07, 6.45) is 0.687. The first-order chi connectivity index (χ1) is 23.2. The number of aliphatic carboxylic acids is 1. The van der Waals surface area contributed by atoms with Gasteiger partial charge in [-0.2, -0.15) is 0 Å². The number of rotatable bonds is 12. The Bertz CT molecular complexity index is 2130. The van der Waals surface area contributed by atoms with Crippen LogP contribution in [0.5, 0.6) is 5.75 Å². The van der Waals surface area contributed by atoms with Gasteiger partial charge in [-0.1, -0.05) is 61.0 Å². The van der Waals surface area contributed by atoms with E-state index in [-0.39, 0.29) is 28.4 Å². The fourth-order valence-corrected chi connectivity index (χ4v) is 9.80. The monoisotopic (exact) mass is 705 g/mol. The average Bonchev–Trinajstić information content (AvgIpc) is 3.46. The lowest BCUT2D eigenvalue weighted by atomic mass is 10.0. The molecule has 1 amide bonds. The summed E-state index contributed by atoms with van der Waals surface area (Å²) in [6.45, 7) is 6.40. The third kappa shape index (κ3) is 6.99. The van der Waals surface area contributed by atoms with Crippen LogP contribution in [0.3, 0.4) is 0 Å². The molecule has 0 aliphatic carbocycles. The Morgan fingerprint density at radius 3 is 2.27 bits per heavy atom. The van der Waals surface area contributed by atoms with E-state index in [1.807, 2.05) is 13.8 Å². The van der Waals surface area contributed by atoms with E-state index in [0.29, 0.717) is 45.7 Å². The van der Waals surface area contributed by atoms with Crippen molar-refractivity contribution in [3.63, 3.8) is 0 Å². The molecule has 0 bridgehead atoms. The fourth-order valence-electron chi connectivity index (χ4n) is 6.63. The van der Waals surface area contributed by atoms with Gasteiger partial charge in [-0.15, -0.1) is 0 Å². The Morgan fingerprint density at radius 1 is 0.939 bits per heavy atom. The standard InChI is InChI=1S/C36H39N3O8S2/c1-6-26-11-7-8-16-32(26)48(43,44)37-36(42)34(27-12-9-13-28(21-27)47-5)38-18-17-29-30(38)14-10-15-31(29)39(22-33(40)41)49(45,46)35-24(3)19-23(2)20-25(35)4/h7-16,19-21,34H,6,17-18,22H2,1-5H3,(H,37,42)(H,40,41). The molecule has 0 spiro atoms. The van der Waals surface area contributed by atoms with Gasteiger partial charge < -0.3 is 14.7 Å². The third-order valence-electron chi connectivity index (χ3n) is 8.59. The van der Waals surface area contributed by atoms with Gasteiger partial charge in [0.1, 0.15) is 18.3 Å². The lowest BCUT2D eigenvalue weighted by molar-refractivity contribution is -0.135. The van der Waals surface area contributed by atoms with Crippen LogP contribution in [0, 0.1) is 20.8 Å². The van der Waals surface area contributed by atoms with Crippen LogP contribution < -0.4 is 18.7 Å². The van der Waals surface area contributed by atoms with Gasteiger partial charge in [0.25, 0.3) is 26.0 Å². The lowest BCUT2D eigenvalue weighted by Gasteiger charge is -2.31. The maximum atomic E-state index is 14.3. The number of carboxylic acids is 1. The van der Waals surface area contributed by atoms with Gasteiger partial charge in [0, 0.05) is 17.8 Å². The van der Waals surface area contributed by atoms with Crippen LogP contribution in [0.2, 0.25) is 0 Å². The fraction of sp³-hybridized carbons (Fsp3) is 0.278. The second-order valence-corrected chi connectivity index (χ2v) is 15.4. The highest BCUT2D eigenvalue weighted by molar-refractivity contribution is 7.93. The number of nitrogens with one attached hydrogen (secondary N) is 1. The van der Waals surface area contributed by atoms with Crippen molar-refractivity contribution in [1.82, 2.24) is 4.72 Å². The molecule has 1 unspecified atom stereocenters. The molecule has 0 saturated heterocycles. The predicted octanol–water partition coefficient (Wildman–Crippen LogP) is 5.07. The summed E-state index contributed by atoms with van der Waals surface area (Å²) in [7, 11) is -7.17. The first-order valence-electron chi connectivity index (χ1n) is 15.7. The summed E-state index contributed by atoms with van der Waals surface area (Å²) in [4.78, 5) is 28.1. The topological polar surface area (TPSA) is 150 Å². The molecule has 0 aromatic heterocycles. The molecule has 1 aliphatic heterocycles. The van der Waals surface area contributed by atoms with Crippen LogP contribution >= 0.6 is 0 Å². The highest BCUT2D eigenvalue weighted by Gasteiger charge is 2.39. The van der Waals surface area contributed by atoms with Crippen molar-refractivity contribution in [2.45, 2.75) is 56.4 Å². The zero-order valence-corrected chi connectivity index (χ0v) is 29.6. The Hall–Kier alpha value is -4.88. The van der Waals surface area contributed by atoms with E-state index in [1.165, 1.54) is 13.2 Å². The number of anilines is 2. The van der Waals surface area contributed by atoms with Crippen molar-refractivity contribution >= 4 is 43.3 Å². The van der Waals surface area contributed by atoms with Gasteiger partial charge in [0.2, 0.25) is 0 Å². The quantitative estimate of drug-likeness (QED) is 0.206. The predicted molar refractivity (Wildman–Crippen MR) is 187 cm³/mol. The molecule has 1 aliphatic rings. The maximum Gasteiger partial charge on any atom is 0.324 e. The largest absolute Gasteiger partial charge is 0.497 e. The molecule has 258 valence electrons. The van der Waals surface area contributed by atoms with Crippen molar-refractivity contribution in [1.29, 1.82) is 0 Å². The van der Waals surface area contributed by atoms with E-state index in [1.54, 1.807) is 91.5 Å². The number of ether oxygens (including phenoxy) is 1. The Labute approximate surface area is 287 Å². The minimum absolute atomic E-state index is 0.00411. The number of carboxylic acid groups (broad SMARTS) is 1. The normalized spacial score (nSPS) is 13.4. The van der Waals surface area contributed by atoms with Crippen LogP contribution in [0.4, 0.5) is 11.4 Å². The van der Waals surface area contributed by atoms with E-state index >= 15 is 0 Å². The van der Waals surface area contributed by atoms with Crippen molar-refractivity contribution in [2.24, 2.45) is 0 Å². The number of benzene rings is 4. The van der Waals surface area contributed by atoms with Crippen LogP contribution in [-0.2, 0) is 42.5 Å². The summed E-state index contributed by atoms with van der Waals surface area (Å²) < 4.78 is 64.4. The van der Waals surface area contributed by atoms with E-state index in [9.17, 15) is 31.5 Å². The zero-order chi connectivity index (χ0) is 35.7. The maximum absolute atomic E-state index is 14.3. The second kappa shape index (κ2) is 13.9. The van der Waals surface area contributed by atoms with Gasteiger partial charge in [-0.25, -0.2) is 21.6 Å². The number of fused-ring (bicyclic) bond motifs is 1. The molecule has 0 radical (unpaired) electrons. The Balaban J connectivity index is 1.63. The molecule has 5 rings (SSSR count). The Morgan fingerprint density at radius 2 is 1.61 bits per heavy atom. The number of amides is 1. The summed E-state index contributed by atoms with van der Waals surface area (Å²) in [5.41, 5.74) is 3.98. The molecule has 4 aromatic carbocycles. The third-order valence-corrected chi connectivity index (χ3v) is 12.1. The first-order valence-corrected chi connectivity index (χ1v) is 18.6. The molecule has 11 nitrogen and oxygen atoms in total. The number of hydrogen-bond acceptors (Lipinski definition) is 8.